The lowest BCUT2D eigenvalue weighted by molar-refractivity contribution is 0.0224. The summed E-state index contributed by atoms with van der Waals surface area (Å²) in [5, 5.41) is 13.3. The maximum Gasteiger partial charge on any atom is 0.410 e. The lowest BCUT2D eigenvalue weighted by atomic mass is 9.99. The Balaban J connectivity index is 1.27. The number of anilines is 1. The second kappa shape index (κ2) is 10.0. The molecule has 2 aliphatic rings. The molecule has 0 spiro atoms. The zero-order chi connectivity index (χ0) is 27.2. The molecule has 0 bridgehead atoms. The fourth-order valence-electron chi connectivity index (χ4n) is 5.01. The van der Waals surface area contributed by atoms with Crippen LogP contribution in [0.3, 0.4) is 0 Å². The number of halogens is 1. The normalized spacial score (nSPS) is 20.0. The van der Waals surface area contributed by atoms with E-state index in [4.69, 9.17) is 16.3 Å². The molecule has 5 rings (SSSR count). The van der Waals surface area contributed by atoms with Gasteiger partial charge in [0.15, 0.2) is 0 Å². The Morgan fingerprint density at radius 3 is 2.53 bits per heavy atom. The lowest BCUT2D eigenvalue weighted by Crippen LogP contribution is -2.45. The predicted octanol–water partition coefficient (Wildman–Crippen LogP) is 4.66. The molecule has 2 heterocycles. The van der Waals surface area contributed by atoms with Gasteiger partial charge < -0.3 is 19.6 Å². The third-order valence-corrected chi connectivity index (χ3v) is 8.66. The predicted molar refractivity (Wildman–Crippen MR) is 148 cm³/mol. The van der Waals surface area contributed by atoms with Crippen LogP contribution in [0, 0.1) is 0 Å². The second-order valence-corrected chi connectivity index (χ2v) is 13.0. The number of carbonyl (C=O) groups is 1. The molecule has 202 valence electrons. The van der Waals surface area contributed by atoms with Crippen molar-refractivity contribution in [2.75, 3.05) is 18.0 Å². The van der Waals surface area contributed by atoms with Gasteiger partial charge in [-0.1, -0.05) is 29.8 Å². The van der Waals surface area contributed by atoms with Crippen LogP contribution in [0.2, 0.25) is 5.02 Å². The van der Waals surface area contributed by atoms with Crippen molar-refractivity contribution in [3.8, 4) is 0 Å². The van der Waals surface area contributed by atoms with E-state index in [1.54, 1.807) is 41.3 Å². The zero-order valence-corrected chi connectivity index (χ0v) is 23.2. The van der Waals surface area contributed by atoms with Crippen LogP contribution in [0.1, 0.15) is 38.3 Å². The molecular formula is C28H32ClN3O5S. The van der Waals surface area contributed by atoms with Crippen molar-refractivity contribution in [3.05, 3.63) is 70.7 Å². The summed E-state index contributed by atoms with van der Waals surface area (Å²) in [6.45, 7) is 7.07. The number of aliphatic hydroxyl groups is 1. The Hall–Kier alpha value is -2.85. The quantitative estimate of drug-likeness (QED) is 0.484. The largest absolute Gasteiger partial charge is 0.444 e. The topological polar surface area (TPSA) is 99.2 Å². The summed E-state index contributed by atoms with van der Waals surface area (Å²) in [7, 11) is -3.84. The van der Waals surface area contributed by atoms with Crippen molar-refractivity contribution in [2.45, 2.75) is 62.9 Å². The molecular weight excluding hydrogens is 526 g/mol. The molecule has 0 aliphatic carbocycles. The van der Waals surface area contributed by atoms with E-state index >= 15 is 0 Å². The molecule has 2 atom stereocenters. The summed E-state index contributed by atoms with van der Waals surface area (Å²) in [6.07, 6.45) is -0.195. The summed E-state index contributed by atoms with van der Waals surface area (Å²) in [5.41, 5.74) is 2.42. The molecule has 1 unspecified atom stereocenters. The van der Waals surface area contributed by atoms with Crippen LogP contribution in [0.25, 0.3) is 10.8 Å². The van der Waals surface area contributed by atoms with Crippen molar-refractivity contribution in [2.24, 2.45) is 0 Å². The first kappa shape index (κ1) is 26.7. The first-order valence-electron chi connectivity index (χ1n) is 12.7. The molecule has 0 radical (unpaired) electrons. The lowest BCUT2D eigenvalue weighted by Gasteiger charge is -2.32. The van der Waals surface area contributed by atoms with Crippen LogP contribution in [0.15, 0.2) is 59.5 Å². The van der Waals surface area contributed by atoms with Gasteiger partial charge in [-0.05, 0) is 91.9 Å². The number of nitrogens with one attached hydrogen (secondary N) is 1. The van der Waals surface area contributed by atoms with Gasteiger partial charge in [-0.3, -0.25) is 0 Å². The van der Waals surface area contributed by atoms with Crippen LogP contribution < -0.4 is 9.62 Å². The third kappa shape index (κ3) is 5.61. The molecule has 2 N–H and O–H groups in total. The van der Waals surface area contributed by atoms with Crippen molar-refractivity contribution < 1.29 is 23.1 Å². The standard InChI is InChI=1S/C28H32ClN3O5S/c1-28(2,3)37-27(34)31-12-10-20-15-23(8-5-21(20)17-31)32-13-11-25(26(32)33)30-38(35,36)24-9-6-18-14-22(29)7-4-19(18)16-24/h4-9,14-16,25-26,30,33H,10-13,17H2,1-3H3/t25-,26?/m0/s1. The smallest absolute Gasteiger partial charge is 0.410 e. The van der Waals surface area contributed by atoms with E-state index in [1.807, 2.05) is 43.9 Å². The van der Waals surface area contributed by atoms with Crippen LogP contribution in [0.4, 0.5) is 10.5 Å². The van der Waals surface area contributed by atoms with Crippen LogP contribution >= 0.6 is 11.6 Å². The minimum Gasteiger partial charge on any atom is -0.444 e. The molecule has 8 nitrogen and oxygen atoms in total. The van der Waals surface area contributed by atoms with Gasteiger partial charge in [-0.25, -0.2) is 17.9 Å². The van der Waals surface area contributed by atoms with Crippen molar-refractivity contribution >= 4 is 44.2 Å². The van der Waals surface area contributed by atoms with E-state index in [9.17, 15) is 18.3 Å². The molecule has 0 saturated carbocycles. The number of amides is 1. The molecule has 10 heteroatoms. The minimum atomic E-state index is -3.84. The van der Waals surface area contributed by atoms with Gasteiger partial charge in [0.25, 0.3) is 0 Å². The number of carbonyl (C=O) groups excluding carboxylic acids is 1. The van der Waals surface area contributed by atoms with E-state index in [1.165, 1.54) is 0 Å². The highest BCUT2D eigenvalue weighted by molar-refractivity contribution is 7.89. The number of sulfonamides is 1. The van der Waals surface area contributed by atoms with E-state index in [0.717, 1.165) is 27.6 Å². The molecule has 2 aliphatic heterocycles. The summed E-state index contributed by atoms with van der Waals surface area (Å²) in [4.78, 5) is 16.1. The van der Waals surface area contributed by atoms with E-state index in [2.05, 4.69) is 4.72 Å². The Kier molecular flexibility index (Phi) is 7.06. The molecule has 1 amide bonds. The summed E-state index contributed by atoms with van der Waals surface area (Å²) in [6, 6.07) is 15.4. The number of ether oxygens (including phenoxy) is 1. The van der Waals surface area contributed by atoms with Gasteiger partial charge in [0, 0.05) is 30.3 Å². The third-order valence-electron chi connectivity index (χ3n) is 6.94. The SMILES string of the molecule is CC(C)(C)OC(=O)N1CCc2cc(N3CC[C@H](NS(=O)(=O)c4ccc5cc(Cl)ccc5c4)C3O)ccc2C1. The number of rotatable bonds is 4. The average Bonchev–Trinajstić information content (AvgIpc) is 3.21. The van der Waals surface area contributed by atoms with E-state index in [-0.39, 0.29) is 11.0 Å². The van der Waals surface area contributed by atoms with Gasteiger partial charge in [0.1, 0.15) is 11.8 Å². The maximum absolute atomic E-state index is 13.1. The highest BCUT2D eigenvalue weighted by Gasteiger charge is 2.36. The Morgan fingerprint density at radius 1 is 1.03 bits per heavy atom. The highest BCUT2D eigenvalue weighted by atomic mass is 35.5. The number of nitrogens with zero attached hydrogens (tertiary/aromatic N) is 2. The Labute approximate surface area is 228 Å². The first-order chi connectivity index (χ1) is 17.9. The minimum absolute atomic E-state index is 0.140. The molecule has 1 fully saturated rings. The van der Waals surface area contributed by atoms with Crippen molar-refractivity contribution in [1.82, 2.24) is 9.62 Å². The van der Waals surface area contributed by atoms with Gasteiger partial charge in [-0.15, -0.1) is 0 Å². The van der Waals surface area contributed by atoms with Crippen LogP contribution in [-0.2, 0) is 27.7 Å². The summed E-state index contributed by atoms with van der Waals surface area (Å²) in [5.74, 6) is 0. The van der Waals surface area contributed by atoms with Gasteiger partial charge >= 0.3 is 6.09 Å². The number of hydrogen-bond acceptors (Lipinski definition) is 6. The van der Waals surface area contributed by atoms with E-state index in [0.29, 0.717) is 37.5 Å². The molecule has 38 heavy (non-hydrogen) atoms. The maximum atomic E-state index is 13.1. The van der Waals surface area contributed by atoms with Gasteiger partial charge in [-0.2, -0.15) is 0 Å². The van der Waals surface area contributed by atoms with Crippen molar-refractivity contribution in [3.63, 3.8) is 0 Å². The molecule has 1 saturated heterocycles. The first-order valence-corrected chi connectivity index (χ1v) is 14.5. The molecule has 0 aromatic heterocycles. The molecule has 3 aromatic rings. The van der Waals surface area contributed by atoms with Gasteiger partial charge in [0.2, 0.25) is 10.0 Å². The van der Waals surface area contributed by atoms with E-state index < -0.39 is 27.9 Å². The van der Waals surface area contributed by atoms with Crippen LogP contribution in [0.5, 0.6) is 0 Å². The zero-order valence-electron chi connectivity index (χ0n) is 21.6. The highest BCUT2D eigenvalue weighted by Crippen LogP contribution is 2.31. The average molecular weight is 558 g/mol. The van der Waals surface area contributed by atoms with Crippen LogP contribution in [-0.4, -0.2) is 55.5 Å². The Morgan fingerprint density at radius 2 is 1.76 bits per heavy atom. The summed E-state index contributed by atoms with van der Waals surface area (Å²) >= 11 is 6.04. The fraction of sp³-hybridized carbons (Fsp3) is 0.393. The number of fused-ring (bicyclic) bond motifs is 2. The number of benzene rings is 3. The summed E-state index contributed by atoms with van der Waals surface area (Å²) < 4.78 is 34.5. The molecule has 3 aromatic carbocycles. The van der Waals surface area contributed by atoms with Gasteiger partial charge in [0.05, 0.1) is 10.9 Å². The Bertz CT molecular complexity index is 1490. The fourth-order valence-corrected chi connectivity index (χ4v) is 6.49. The van der Waals surface area contributed by atoms with Crippen molar-refractivity contribution in [1.29, 1.82) is 0 Å². The second-order valence-electron chi connectivity index (χ2n) is 10.9. The number of aliphatic hydroxyl groups excluding tert-OH is 1. The monoisotopic (exact) mass is 557 g/mol. The number of hydrogen-bond donors (Lipinski definition) is 2.